The quantitative estimate of drug-likeness (QED) is 0.645. The number of rotatable bonds is 7. The largest absolute Gasteiger partial charge is 0.339 e. The second-order valence-electron chi connectivity index (χ2n) is 7.20. The lowest BCUT2D eigenvalue weighted by molar-refractivity contribution is -0.131. The predicted molar refractivity (Wildman–Crippen MR) is 107 cm³/mol. The molecule has 0 unspecified atom stereocenters. The number of sulfonamides is 1. The van der Waals surface area contributed by atoms with Crippen molar-refractivity contribution in [2.24, 2.45) is 0 Å². The normalized spacial score (nSPS) is 19.3. The summed E-state index contributed by atoms with van der Waals surface area (Å²) in [6.07, 6.45) is 9.13. The van der Waals surface area contributed by atoms with Crippen LogP contribution in [0.2, 0.25) is 0 Å². The zero-order valence-corrected chi connectivity index (χ0v) is 17.6. The number of aromatic nitrogens is 1. The van der Waals surface area contributed by atoms with Crippen molar-refractivity contribution in [3.63, 3.8) is 0 Å². The van der Waals surface area contributed by atoms with E-state index in [0.29, 0.717) is 29.9 Å². The summed E-state index contributed by atoms with van der Waals surface area (Å²) in [4.78, 5) is 19.1. The molecule has 0 radical (unpaired) electrons. The van der Waals surface area contributed by atoms with Crippen molar-refractivity contribution in [3.8, 4) is 0 Å². The summed E-state index contributed by atoms with van der Waals surface area (Å²) in [6.45, 7) is 3.95. The highest BCUT2D eigenvalue weighted by atomic mass is 32.2. The van der Waals surface area contributed by atoms with Crippen LogP contribution in [0.3, 0.4) is 0 Å². The first-order valence-electron chi connectivity index (χ1n) is 9.91. The molecule has 1 saturated heterocycles. The lowest BCUT2D eigenvalue weighted by Gasteiger charge is -2.33. The van der Waals surface area contributed by atoms with Gasteiger partial charge in [0.2, 0.25) is 15.9 Å². The summed E-state index contributed by atoms with van der Waals surface area (Å²) >= 11 is 1.38. The summed E-state index contributed by atoms with van der Waals surface area (Å²) in [5.74, 6) is 0.486. The number of carbonyl (C=O) groups excluding carboxylic acids is 1. The van der Waals surface area contributed by atoms with Crippen LogP contribution in [-0.4, -0.2) is 59.9 Å². The van der Waals surface area contributed by atoms with Crippen LogP contribution in [0, 0.1) is 0 Å². The Bertz CT molecular complexity index is 725. The fourth-order valence-corrected chi connectivity index (χ4v) is 6.12. The van der Waals surface area contributed by atoms with Crippen LogP contribution in [0.15, 0.2) is 28.3 Å². The Labute approximate surface area is 166 Å². The molecule has 1 saturated carbocycles. The standard InChI is InChI=1S/C19H29N3O3S2/c1-2-22(16-8-4-3-5-9-16)19(23)15-26-18-11-10-17(14-20-18)27(24,25)21-12-6-7-13-21/h10-11,14,16H,2-9,12-13,15H2,1H3. The molecule has 27 heavy (non-hydrogen) atoms. The van der Waals surface area contributed by atoms with Crippen LogP contribution in [0.5, 0.6) is 0 Å². The molecule has 2 heterocycles. The maximum absolute atomic E-state index is 12.6. The van der Waals surface area contributed by atoms with Crippen LogP contribution in [0.4, 0.5) is 0 Å². The Balaban J connectivity index is 1.57. The molecule has 0 bridgehead atoms. The molecule has 1 aliphatic carbocycles. The summed E-state index contributed by atoms with van der Waals surface area (Å²) in [6, 6.07) is 3.68. The lowest BCUT2D eigenvalue weighted by atomic mass is 9.94. The van der Waals surface area contributed by atoms with Crippen LogP contribution >= 0.6 is 11.8 Å². The second kappa shape index (κ2) is 9.39. The van der Waals surface area contributed by atoms with Crippen molar-refractivity contribution in [1.29, 1.82) is 0 Å². The second-order valence-corrected chi connectivity index (χ2v) is 10.1. The molecule has 2 aliphatic rings. The minimum atomic E-state index is -3.43. The van der Waals surface area contributed by atoms with E-state index >= 15 is 0 Å². The minimum Gasteiger partial charge on any atom is -0.339 e. The number of amides is 1. The molecule has 1 amide bonds. The molecular weight excluding hydrogens is 382 g/mol. The van der Waals surface area contributed by atoms with E-state index in [4.69, 9.17) is 0 Å². The molecule has 150 valence electrons. The zero-order valence-electron chi connectivity index (χ0n) is 16.0. The van der Waals surface area contributed by atoms with Gasteiger partial charge in [-0.3, -0.25) is 4.79 Å². The van der Waals surface area contributed by atoms with Gasteiger partial charge in [-0.25, -0.2) is 13.4 Å². The summed E-state index contributed by atoms with van der Waals surface area (Å²) in [5, 5.41) is 0.684. The van der Waals surface area contributed by atoms with Crippen LogP contribution in [0.25, 0.3) is 0 Å². The molecule has 3 rings (SSSR count). The van der Waals surface area contributed by atoms with E-state index in [9.17, 15) is 13.2 Å². The monoisotopic (exact) mass is 411 g/mol. The highest BCUT2D eigenvalue weighted by Gasteiger charge is 2.27. The molecule has 0 N–H and O–H groups in total. The van der Waals surface area contributed by atoms with Crippen molar-refractivity contribution < 1.29 is 13.2 Å². The van der Waals surface area contributed by atoms with Gasteiger partial charge < -0.3 is 4.90 Å². The van der Waals surface area contributed by atoms with Crippen LogP contribution < -0.4 is 0 Å². The van der Waals surface area contributed by atoms with Gasteiger partial charge in [-0.2, -0.15) is 4.31 Å². The van der Waals surface area contributed by atoms with Crippen LogP contribution in [-0.2, 0) is 14.8 Å². The molecule has 0 spiro atoms. The van der Waals surface area contributed by atoms with E-state index < -0.39 is 10.0 Å². The first kappa shape index (κ1) is 20.6. The summed E-state index contributed by atoms with van der Waals surface area (Å²) in [5.41, 5.74) is 0. The van der Waals surface area contributed by atoms with Crippen molar-refractivity contribution in [2.45, 2.75) is 67.8 Å². The van der Waals surface area contributed by atoms with Gasteiger partial charge in [0.25, 0.3) is 0 Å². The Kier molecular flexibility index (Phi) is 7.16. The highest BCUT2D eigenvalue weighted by molar-refractivity contribution is 7.99. The van der Waals surface area contributed by atoms with Gasteiger partial charge in [-0.1, -0.05) is 31.0 Å². The Morgan fingerprint density at radius 1 is 1.19 bits per heavy atom. The third-order valence-corrected chi connectivity index (χ3v) is 8.24. The van der Waals surface area contributed by atoms with Crippen molar-refractivity contribution in [2.75, 3.05) is 25.4 Å². The first-order valence-corrected chi connectivity index (χ1v) is 12.3. The number of nitrogens with zero attached hydrogens (tertiary/aromatic N) is 3. The van der Waals surface area contributed by atoms with E-state index in [1.807, 2.05) is 11.8 Å². The molecule has 8 heteroatoms. The first-order chi connectivity index (χ1) is 13.0. The third kappa shape index (κ3) is 5.03. The van der Waals surface area contributed by atoms with Crippen molar-refractivity contribution in [3.05, 3.63) is 18.3 Å². The number of hydrogen-bond acceptors (Lipinski definition) is 5. The average Bonchev–Trinajstić information content (AvgIpc) is 3.24. The van der Waals surface area contributed by atoms with E-state index in [1.165, 1.54) is 41.5 Å². The van der Waals surface area contributed by atoms with E-state index in [2.05, 4.69) is 4.98 Å². The molecule has 1 aliphatic heterocycles. The molecule has 2 fully saturated rings. The third-order valence-electron chi connectivity index (χ3n) is 5.43. The number of thioether (sulfide) groups is 1. The van der Waals surface area contributed by atoms with Gasteiger partial charge in [0.1, 0.15) is 4.90 Å². The zero-order chi connectivity index (χ0) is 19.3. The molecule has 1 aromatic rings. The fourth-order valence-electron chi connectivity index (χ4n) is 3.93. The average molecular weight is 412 g/mol. The minimum absolute atomic E-state index is 0.143. The smallest absolute Gasteiger partial charge is 0.244 e. The Morgan fingerprint density at radius 3 is 2.48 bits per heavy atom. The highest BCUT2D eigenvalue weighted by Crippen LogP contribution is 2.25. The van der Waals surface area contributed by atoms with Gasteiger partial charge in [0, 0.05) is 31.9 Å². The molecule has 0 aromatic carbocycles. The van der Waals surface area contributed by atoms with Crippen molar-refractivity contribution in [1.82, 2.24) is 14.2 Å². The van der Waals surface area contributed by atoms with E-state index in [-0.39, 0.29) is 10.8 Å². The predicted octanol–water partition coefficient (Wildman–Crippen LogP) is 3.14. The molecule has 6 nitrogen and oxygen atoms in total. The summed E-state index contributed by atoms with van der Waals surface area (Å²) in [7, 11) is -3.43. The molecule has 1 aromatic heterocycles. The van der Waals surface area contributed by atoms with Gasteiger partial charge in [-0.05, 0) is 44.7 Å². The van der Waals surface area contributed by atoms with Crippen molar-refractivity contribution >= 4 is 27.7 Å². The summed E-state index contributed by atoms with van der Waals surface area (Å²) < 4.78 is 26.6. The molecule has 0 atom stereocenters. The van der Waals surface area contributed by atoms with Gasteiger partial charge in [0.15, 0.2) is 0 Å². The van der Waals surface area contributed by atoms with Gasteiger partial charge in [-0.15, -0.1) is 0 Å². The topological polar surface area (TPSA) is 70.6 Å². The van der Waals surface area contributed by atoms with E-state index in [0.717, 1.165) is 32.2 Å². The SMILES string of the molecule is CCN(C(=O)CSc1ccc(S(=O)(=O)N2CCCC2)cn1)C1CCCCC1. The number of hydrogen-bond donors (Lipinski definition) is 0. The Hall–Kier alpha value is -1.12. The molecular formula is C19H29N3O3S2. The maximum Gasteiger partial charge on any atom is 0.244 e. The maximum atomic E-state index is 12.6. The van der Waals surface area contributed by atoms with Crippen LogP contribution in [0.1, 0.15) is 51.9 Å². The van der Waals surface area contributed by atoms with E-state index in [1.54, 1.807) is 12.1 Å². The number of pyridine rings is 1. The van der Waals surface area contributed by atoms with Gasteiger partial charge in [0.05, 0.1) is 10.8 Å². The fraction of sp³-hybridized carbons (Fsp3) is 0.684. The van der Waals surface area contributed by atoms with Gasteiger partial charge >= 0.3 is 0 Å². The number of carbonyl (C=O) groups is 1. The Morgan fingerprint density at radius 2 is 1.89 bits per heavy atom. The lowest BCUT2D eigenvalue weighted by Crippen LogP contribution is -2.42.